The minimum absolute atomic E-state index is 0.0380. The van der Waals surface area contributed by atoms with Crippen molar-refractivity contribution in [3.63, 3.8) is 0 Å². The second-order valence-electron chi connectivity index (χ2n) is 6.50. The largest absolute Gasteiger partial charge is 0.507 e. The summed E-state index contributed by atoms with van der Waals surface area (Å²) in [6, 6.07) is 1.99. The summed E-state index contributed by atoms with van der Waals surface area (Å²) in [5.41, 5.74) is -0.482. The van der Waals surface area contributed by atoms with Gasteiger partial charge in [-0.2, -0.15) is 0 Å². The van der Waals surface area contributed by atoms with Crippen LogP contribution in [-0.2, 0) is 0 Å². The van der Waals surface area contributed by atoms with E-state index in [4.69, 9.17) is 0 Å². The van der Waals surface area contributed by atoms with E-state index < -0.39 is 28.9 Å². The van der Waals surface area contributed by atoms with E-state index in [0.29, 0.717) is 12.1 Å². The third kappa shape index (κ3) is 3.63. The van der Waals surface area contributed by atoms with Crippen LogP contribution in [-0.4, -0.2) is 41.1 Å². The van der Waals surface area contributed by atoms with Crippen molar-refractivity contribution in [3.8, 4) is 5.75 Å². The highest BCUT2D eigenvalue weighted by molar-refractivity contribution is 5.97. The monoisotopic (exact) mass is 324 g/mol. The first-order valence-electron chi connectivity index (χ1n) is 8.27. The number of amides is 1. The lowest BCUT2D eigenvalue weighted by molar-refractivity contribution is 0.0885. The highest BCUT2D eigenvalue weighted by atomic mass is 19.1. The van der Waals surface area contributed by atoms with Crippen LogP contribution < -0.4 is 5.32 Å². The van der Waals surface area contributed by atoms with Crippen molar-refractivity contribution in [1.29, 1.82) is 0 Å². The minimum Gasteiger partial charge on any atom is -0.507 e. The third-order valence-electron chi connectivity index (χ3n) is 4.97. The van der Waals surface area contributed by atoms with Gasteiger partial charge in [0.25, 0.3) is 5.91 Å². The maximum Gasteiger partial charge on any atom is 0.258 e. The Morgan fingerprint density at radius 1 is 1.13 bits per heavy atom. The van der Waals surface area contributed by atoms with Crippen LogP contribution in [0.15, 0.2) is 12.1 Å². The smallest absolute Gasteiger partial charge is 0.258 e. The Morgan fingerprint density at radius 2 is 1.78 bits per heavy atom. The van der Waals surface area contributed by atoms with Crippen molar-refractivity contribution >= 4 is 5.91 Å². The summed E-state index contributed by atoms with van der Waals surface area (Å²) in [5.74, 6) is -3.28. The fourth-order valence-electron chi connectivity index (χ4n) is 3.72. The number of hydrogen-bond donors (Lipinski definition) is 2. The molecule has 0 bridgehead atoms. The van der Waals surface area contributed by atoms with Gasteiger partial charge in [0.2, 0.25) is 0 Å². The van der Waals surface area contributed by atoms with Crippen LogP contribution >= 0.6 is 0 Å². The van der Waals surface area contributed by atoms with Crippen molar-refractivity contribution in [3.05, 3.63) is 29.3 Å². The van der Waals surface area contributed by atoms with Crippen molar-refractivity contribution in [2.45, 2.75) is 50.6 Å². The van der Waals surface area contributed by atoms with Crippen LogP contribution in [0.4, 0.5) is 8.78 Å². The minimum atomic E-state index is -1.04. The average molecular weight is 324 g/mol. The fourth-order valence-corrected chi connectivity index (χ4v) is 3.72. The fraction of sp³-hybridized carbons (Fsp3) is 0.588. The zero-order valence-electron chi connectivity index (χ0n) is 13.0. The number of nitrogens with one attached hydrogen (secondary N) is 1. The van der Waals surface area contributed by atoms with Crippen molar-refractivity contribution in [2.24, 2.45) is 0 Å². The maximum absolute atomic E-state index is 13.7. The number of benzene rings is 1. The standard InChI is InChI=1S/C17H22F2N2O2/c18-11-9-14(19)16(15(22)10-11)17(23)20-12-5-7-21(8-6-12)13-3-1-2-4-13/h9-10,12-13,22H,1-8H2,(H,20,23). The first kappa shape index (κ1) is 16.2. The lowest BCUT2D eigenvalue weighted by Crippen LogP contribution is -2.47. The molecule has 0 spiro atoms. The molecule has 6 heteroatoms. The van der Waals surface area contributed by atoms with Gasteiger partial charge in [0.1, 0.15) is 22.9 Å². The lowest BCUT2D eigenvalue weighted by atomic mass is 10.0. The molecule has 1 aromatic carbocycles. The summed E-state index contributed by atoms with van der Waals surface area (Å²) in [6.45, 7) is 1.85. The molecule has 1 saturated heterocycles. The number of carbonyl (C=O) groups is 1. The molecule has 23 heavy (non-hydrogen) atoms. The Balaban J connectivity index is 1.57. The van der Waals surface area contributed by atoms with Gasteiger partial charge in [-0.15, -0.1) is 0 Å². The van der Waals surface area contributed by atoms with Gasteiger partial charge in [0, 0.05) is 37.3 Å². The van der Waals surface area contributed by atoms with Crippen LogP contribution in [0.3, 0.4) is 0 Å². The van der Waals surface area contributed by atoms with Gasteiger partial charge in [-0.05, 0) is 25.7 Å². The van der Waals surface area contributed by atoms with Gasteiger partial charge >= 0.3 is 0 Å². The number of carbonyl (C=O) groups excluding carboxylic acids is 1. The number of phenols is 1. The Labute approximate surface area is 134 Å². The zero-order chi connectivity index (χ0) is 16.4. The molecule has 2 aliphatic rings. The van der Waals surface area contributed by atoms with E-state index in [0.717, 1.165) is 32.0 Å². The molecule has 2 fully saturated rings. The highest BCUT2D eigenvalue weighted by Crippen LogP contribution is 2.27. The molecule has 1 aliphatic heterocycles. The first-order chi connectivity index (χ1) is 11.0. The van der Waals surface area contributed by atoms with Gasteiger partial charge in [-0.1, -0.05) is 12.8 Å². The number of rotatable bonds is 3. The SMILES string of the molecule is O=C(NC1CCN(C2CCCC2)CC1)c1c(O)cc(F)cc1F. The maximum atomic E-state index is 13.7. The van der Waals surface area contributed by atoms with E-state index in [1.165, 1.54) is 25.7 Å². The normalized spacial score (nSPS) is 20.8. The summed E-state index contributed by atoms with van der Waals surface area (Å²) in [7, 11) is 0. The first-order valence-corrected chi connectivity index (χ1v) is 8.27. The number of halogens is 2. The van der Waals surface area contributed by atoms with E-state index in [2.05, 4.69) is 10.2 Å². The van der Waals surface area contributed by atoms with Gasteiger partial charge in [0.05, 0.1) is 0 Å². The predicted molar refractivity (Wildman–Crippen MR) is 82.3 cm³/mol. The number of likely N-dealkylation sites (tertiary alicyclic amines) is 1. The Bertz CT molecular complexity index is 557. The molecule has 1 aliphatic carbocycles. The van der Waals surface area contributed by atoms with E-state index in [9.17, 15) is 18.7 Å². The van der Waals surface area contributed by atoms with Gasteiger partial charge in [0.15, 0.2) is 0 Å². The summed E-state index contributed by atoms with van der Waals surface area (Å²) >= 11 is 0. The molecule has 0 atom stereocenters. The Morgan fingerprint density at radius 3 is 2.39 bits per heavy atom. The summed E-state index contributed by atoms with van der Waals surface area (Å²) < 4.78 is 26.7. The van der Waals surface area contributed by atoms with Crippen LogP contribution in [0.5, 0.6) is 5.75 Å². The van der Waals surface area contributed by atoms with Crippen LogP contribution in [0.1, 0.15) is 48.9 Å². The van der Waals surface area contributed by atoms with Gasteiger partial charge in [-0.25, -0.2) is 8.78 Å². The molecule has 1 aromatic rings. The van der Waals surface area contributed by atoms with Gasteiger partial charge in [-0.3, -0.25) is 4.79 Å². The van der Waals surface area contributed by atoms with Crippen molar-refractivity contribution in [2.75, 3.05) is 13.1 Å². The van der Waals surface area contributed by atoms with Crippen LogP contribution in [0, 0.1) is 11.6 Å². The van der Waals surface area contributed by atoms with Crippen LogP contribution in [0.25, 0.3) is 0 Å². The summed E-state index contributed by atoms with van der Waals surface area (Å²) in [4.78, 5) is 14.6. The molecule has 1 amide bonds. The van der Waals surface area contributed by atoms with E-state index in [1.54, 1.807) is 0 Å². The second-order valence-corrected chi connectivity index (χ2v) is 6.50. The molecule has 3 rings (SSSR count). The molecule has 126 valence electrons. The molecule has 2 N–H and O–H groups in total. The molecular formula is C17H22F2N2O2. The number of phenolic OH excluding ortho intramolecular Hbond substituents is 1. The van der Waals surface area contributed by atoms with Crippen LogP contribution in [0.2, 0.25) is 0 Å². The Hall–Kier alpha value is -1.69. The number of aromatic hydroxyl groups is 1. The van der Waals surface area contributed by atoms with E-state index in [1.807, 2.05) is 0 Å². The molecule has 1 heterocycles. The summed E-state index contributed by atoms with van der Waals surface area (Å²) in [5, 5.41) is 12.4. The van der Waals surface area contributed by atoms with E-state index in [-0.39, 0.29) is 6.04 Å². The molecule has 0 aromatic heterocycles. The van der Waals surface area contributed by atoms with E-state index >= 15 is 0 Å². The number of hydrogen-bond acceptors (Lipinski definition) is 3. The average Bonchev–Trinajstić information content (AvgIpc) is 3.01. The number of piperidine rings is 1. The molecule has 4 nitrogen and oxygen atoms in total. The second kappa shape index (κ2) is 6.83. The van der Waals surface area contributed by atoms with Gasteiger partial charge < -0.3 is 15.3 Å². The molecule has 0 radical (unpaired) electrons. The third-order valence-corrected chi connectivity index (χ3v) is 4.97. The topological polar surface area (TPSA) is 52.6 Å². The van der Waals surface area contributed by atoms with Crippen molar-refractivity contribution in [1.82, 2.24) is 10.2 Å². The molecule has 0 unspecified atom stereocenters. The summed E-state index contributed by atoms with van der Waals surface area (Å²) in [6.07, 6.45) is 6.73. The predicted octanol–water partition coefficient (Wildman–Crippen LogP) is 2.81. The van der Waals surface area contributed by atoms with Crippen molar-refractivity contribution < 1.29 is 18.7 Å². The Kier molecular flexibility index (Phi) is 4.80. The lowest BCUT2D eigenvalue weighted by Gasteiger charge is -2.36. The molecule has 1 saturated carbocycles. The molecular weight excluding hydrogens is 302 g/mol. The highest BCUT2D eigenvalue weighted by Gasteiger charge is 2.28. The quantitative estimate of drug-likeness (QED) is 0.899. The number of nitrogens with zero attached hydrogens (tertiary/aromatic N) is 1. The zero-order valence-corrected chi connectivity index (χ0v) is 13.0.